The molecule has 0 aromatic heterocycles. The van der Waals surface area contributed by atoms with Crippen LogP contribution < -0.4 is 0 Å². The van der Waals surface area contributed by atoms with E-state index in [1.807, 2.05) is 152 Å². The van der Waals surface area contributed by atoms with Crippen LogP contribution in [0.25, 0.3) is 10.8 Å². The molecule has 4 heteroatoms. The van der Waals surface area contributed by atoms with Crippen molar-refractivity contribution in [1.82, 2.24) is 0 Å². The molecule has 0 fully saturated rings. The summed E-state index contributed by atoms with van der Waals surface area (Å²) >= 11 is 0. The van der Waals surface area contributed by atoms with Gasteiger partial charge in [-0.3, -0.25) is 4.79 Å². The molecule has 0 heterocycles. The van der Waals surface area contributed by atoms with Crippen LogP contribution in [-0.4, -0.2) is 11.5 Å². The van der Waals surface area contributed by atoms with Gasteiger partial charge in [-0.05, 0) is 39.3 Å². The van der Waals surface area contributed by atoms with Gasteiger partial charge in [-0.2, -0.15) is 0 Å². The largest absolute Gasteiger partial charge is 0.287 e. The summed E-state index contributed by atoms with van der Waals surface area (Å²) in [5.41, 5.74) is 5.60. The quantitative estimate of drug-likeness (QED) is 0.162. The Hall–Kier alpha value is -6.00. The van der Waals surface area contributed by atoms with Crippen LogP contribution in [0.2, 0.25) is 0 Å². The van der Waals surface area contributed by atoms with E-state index < -0.39 is 23.5 Å². The van der Waals surface area contributed by atoms with E-state index in [9.17, 15) is 4.79 Å². The molecule has 7 aromatic carbocycles. The molecule has 0 bridgehead atoms. The first-order valence-electron chi connectivity index (χ1n) is 16.0. The minimum atomic E-state index is -0.989. The predicted octanol–water partition coefficient (Wildman–Crippen LogP) is 10.8. The Morgan fingerprint density at radius 3 is 1.46 bits per heavy atom. The van der Waals surface area contributed by atoms with Crippen LogP contribution >= 0.6 is 0 Å². The third kappa shape index (κ3) is 5.03. The maximum atomic E-state index is 16.9. The molecule has 1 aliphatic rings. The highest BCUT2D eigenvalue weighted by molar-refractivity contribution is 6.59. The third-order valence-electron chi connectivity index (χ3n) is 9.23. The molecular weight excluding hydrogens is 596 g/mol. The smallest absolute Gasteiger partial charge is 0.212 e. The summed E-state index contributed by atoms with van der Waals surface area (Å²) < 4.78 is 33.2. The van der Waals surface area contributed by atoms with E-state index in [2.05, 4.69) is 0 Å². The molecule has 1 aliphatic carbocycles. The van der Waals surface area contributed by atoms with Crippen LogP contribution in [0.15, 0.2) is 169 Å². The molecule has 0 spiro atoms. The van der Waals surface area contributed by atoms with Crippen molar-refractivity contribution in [3.8, 4) is 0 Å². The highest BCUT2D eigenvalue weighted by atomic mass is 19.2. The van der Waals surface area contributed by atoms with Crippen LogP contribution in [0.1, 0.15) is 61.1 Å². The van der Waals surface area contributed by atoms with Gasteiger partial charge in [-0.15, -0.1) is 0 Å². The second kappa shape index (κ2) is 12.3. The van der Waals surface area contributed by atoms with Gasteiger partial charge in [0.1, 0.15) is 5.71 Å². The number of rotatable bonds is 7. The lowest BCUT2D eigenvalue weighted by Crippen LogP contribution is -2.14. The minimum absolute atomic E-state index is 0.0858. The van der Waals surface area contributed by atoms with E-state index in [0.29, 0.717) is 16.7 Å². The van der Waals surface area contributed by atoms with Crippen LogP contribution in [0.4, 0.5) is 14.5 Å². The average molecular weight is 626 g/mol. The zero-order valence-electron chi connectivity index (χ0n) is 25.9. The Balaban J connectivity index is 1.50. The lowest BCUT2D eigenvalue weighted by Gasteiger charge is -2.27. The maximum absolute atomic E-state index is 16.9. The van der Waals surface area contributed by atoms with Crippen molar-refractivity contribution in [2.45, 2.75) is 11.8 Å². The van der Waals surface area contributed by atoms with Gasteiger partial charge in [0.05, 0.1) is 5.69 Å². The zero-order valence-corrected chi connectivity index (χ0v) is 25.9. The highest BCUT2D eigenvalue weighted by Crippen LogP contribution is 2.47. The van der Waals surface area contributed by atoms with Gasteiger partial charge in [-0.25, -0.2) is 13.8 Å². The maximum Gasteiger partial charge on any atom is 0.212 e. The predicted molar refractivity (Wildman–Crippen MR) is 188 cm³/mol. The summed E-state index contributed by atoms with van der Waals surface area (Å²) in [6.45, 7) is 0. The summed E-state index contributed by atoms with van der Waals surface area (Å²) in [7, 11) is 0. The van der Waals surface area contributed by atoms with E-state index >= 15 is 8.78 Å². The standard InChI is InChI=1S/C44H29F2NO/c45-36-27-35(37(28-15-5-1-6-16-28)29-17-7-2-8-18-29)42(47-43-33-25-13-23-32-24-14-26-34(39(32)33)44(43)48)40(41(36)46)38(30-19-9-3-10-20-30)31-21-11-4-12-22-31/h1-27,37-38H. The highest BCUT2D eigenvalue weighted by Gasteiger charge is 2.34. The van der Waals surface area contributed by atoms with E-state index in [-0.39, 0.29) is 22.7 Å². The number of carbonyl (C=O) groups excluding carboxylic acids is 1. The summed E-state index contributed by atoms with van der Waals surface area (Å²) in [6.07, 6.45) is 0. The Labute approximate surface area is 277 Å². The molecule has 0 amide bonds. The number of Topliss-reactive ketones (excluding diaryl/α,β-unsaturated/α-hetero) is 1. The van der Waals surface area contributed by atoms with Gasteiger partial charge >= 0.3 is 0 Å². The molecular formula is C44H29F2NO. The molecule has 7 aromatic rings. The molecule has 0 saturated carbocycles. The third-order valence-corrected chi connectivity index (χ3v) is 9.23. The number of ketones is 1. The molecule has 8 rings (SSSR count). The number of nitrogens with zero attached hydrogens (tertiary/aromatic N) is 1. The molecule has 0 atom stereocenters. The van der Waals surface area contributed by atoms with Gasteiger partial charge in [0, 0.05) is 33.9 Å². The number of aliphatic imine (C=N–C) groups is 1. The van der Waals surface area contributed by atoms with Crippen molar-refractivity contribution in [1.29, 1.82) is 0 Å². The molecule has 0 saturated heterocycles. The van der Waals surface area contributed by atoms with Crippen molar-refractivity contribution in [3.63, 3.8) is 0 Å². The van der Waals surface area contributed by atoms with Gasteiger partial charge < -0.3 is 0 Å². The van der Waals surface area contributed by atoms with Gasteiger partial charge in [0.25, 0.3) is 0 Å². The van der Waals surface area contributed by atoms with Crippen LogP contribution in [0.3, 0.4) is 0 Å². The lowest BCUT2D eigenvalue weighted by molar-refractivity contribution is 0.107. The number of halogens is 2. The molecule has 0 N–H and O–H groups in total. The summed E-state index contributed by atoms with van der Waals surface area (Å²) in [5.74, 6) is -3.43. The van der Waals surface area contributed by atoms with Gasteiger partial charge in [0.2, 0.25) is 5.78 Å². The number of hydrogen-bond acceptors (Lipinski definition) is 2. The number of hydrogen-bond donors (Lipinski definition) is 0. The molecule has 2 nitrogen and oxygen atoms in total. The first-order valence-corrected chi connectivity index (χ1v) is 16.0. The lowest BCUT2D eigenvalue weighted by atomic mass is 9.78. The van der Waals surface area contributed by atoms with Crippen molar-refractivity contribution in [2.24, 2.45) is 4.99 Å². The fourth-order valence-corrected chi connectivity index (χ4v) is 7.12. The average Bonchev–Trinajstić information content (AvgIpc) is 3.41. The summed E-state index contributed by atoms with van der Waals surface area (Å²) in [6, 6.07) is 51.2. The normalized spacial score (nSPS) is 13.2. The second-order valence-electron chi connectivity index (χ2n) is 12.0. The molecule has 0 aliphatic heterocycles. The van der Waals surface area contributed by atoms with Gasteiger partial charge in [0.15, 0.2) is 11.6 Å². The van der Waals surface area contributed by atoms with Gasteiger partial charge in [-0.1, -0.05) is 158 Å². The fourth-order valence-electron chi connectivity index (χ4n) is 7.12. The van der Waals surface area contributed by atoms with Crippen LogP contribution in [-0.2, 0) is 0 Å². The zero-order chi connectivity index (χ0) is 32.6. The SMILES string of the molecule is O=C1C(=Nc2c(C(c3ccccc3)c3ccccc3)cc(F)c(F)c2C(c2ccccc2)c2ccccc2)c2cccc3cccc1c23. The van der Waals surface area contributed by atoms with E-state index in [1.165, 1.54) is 6.07 Å². The molecule has 0 radical (unpaired) electrons. The summed E-state index contributed by atoms with van der Waals surface area (Å²) in [4.78, 5) is 19.4. The molecule has 230 valence electrons. The summed E-state index contributed by atoms with van der Waals surface area (Å²) in [5, 5.41) is 1.74. The number of benzene rings is 7. The first kappa shape index (κ1) is 29.4. The molecule has 48 heavy (non-hydrogen) atoms. The second-order valence-corrected chi connectivity index (χ2v) is 12.0. The topological polar surface area (TPSA) is 29.4 Å². The van der Waals surface area contributed by atoms with Crippen LogP contribution in [0, 0.1) is 11.6 Å². The Bertz CT molecular complexity index is 2230. The van der Waals surface area contributed by atoms with Crippen molar-refractivity contribution < 1.29 is 13.6 Å². The van der Waals surface area contributed by atoms with E-state index in [4.69, 9.17) is 4.99 Å². The van der Waals surface area contributed by atoms with Crippen molar-refractivity contribution in [3.05, 3.63) is 220 Å². The Morgan fingerprint density at radius 1 is 0.500 bits per heavy atom. The first-order chi connectivity index (χ1) is 23.6. The Morgan fingerprint density at radius 2 is 0.958 bits per heavy atom. The number of carbonyl (C=O) groups is 1. The fraction of sp³-hybridized carbons (Fsp3) is 0.0455. The van der Waals surface area contributed by atoms with E-state index in [1.54, 1.807) is 6.07 Å². The van der Waals surface area contributed by atoms with Crippen molar-refractivity contribution >= 4 is 28.0 Å². The van der Waals surface area contributed by atoms with Crippen LogP contribution in [0.5, 0.6) is 0 Å². The monoisotopic (exact) mass is 625 g/mol. The molecule has 0 unspecified atom stereocenters. The Kier molecular flexibility index (Phi) is 7.54. The van der Waals surface area contributed by atoms with E-state index in [0.717, 1.165) is 33.0 Å². The minimum Gasteiger partial charge on any atom is -0.287 e. The van der Waals surface area contributed by atoms with Crippen molar-refractivity contribution in [2.75, 3.05) is 0 Å².